The van der Waals surface area contributed by atoms with Crippen LogP contribution in [0.25, 0.3) is 0 Å². The third kappa shape index (κ3) is 1.80. The molecule has 1 N–H and O–H groups in total. The standard InChI is InChI=1S/C10H21NO/c1-7(2)9-5-6-10(9)11(4)8(3)12/h7-10,12H,5-6H2,1-4H3. The molecule has 3 atom stereocenters. The fraction of sp³-hybridized carbons (Fsp3) is 1.00. The summed E-state index contributed by atoms with van der Waals surface area (Å²) in [6.45, 7) is 6.38. The fourth-order valence-electron chi connectivity index (χ4n) is 2.07. The number of hydrogen-bond acceptors (Lipinski definition) is 2. The zero-order valence-corrected chi connectivity index (χ0v) is 8.62. The Bertz CT molecular complexity index is 135. The van der Waals surface area contributed by atoms with E-state index in [1.807, 2.05) is 14.0 Å². The lowest BCUT2D eigenvalue weighted by molar-refractivity contribution is -0.0523. The van der Waals surface area contributed by atoms with E-state index in [0.29, 0.717) is 6.04 Å². The first-order valence-electron chi connectivity index (χ1n) is 4.94. The van der Waals surface area contributed by atoms with Crippen molar-refractivity contribution in [3.8, 4) is 0 Å². The summed E-state index contributed by atoms with van der Waals surface area (Å²) < 4.78 is 0. The van der Waals surface area contributed by atoms with Crippen molar-refractivity contribution >= 4 is 0 Å². The van der Waals surface area contributed by atoms with Crippen molar-refractivity contribution in [2.45, 2.75) is 45.9 Å². The summed E-state index contributed by atoms with van der Waals surface area (Å²) in [4.78, 5) is 2.09. The van der Waals surface area contributed by atoms with E-state index in [1.54, 1.807) is 0 Å². The molecule has 1 aliphatic rings. The van der Waals surface area contributed by atoms with Crippen LogP contribution in [-0.2, 0) is 0 Å². The van der Waals surface area contributed by atoms with Crippen LogP contribution in [0.4, 0.5) is 0 Å². The molecular weight excluding hydrogens is 150 g/mol. The topological polar surface area (TPSA) is 23.5 Å². The van der Waals surface area contributed by atoms with Crippen LogP contribution in [0, 0.1) is 11.8 Å². The molecule has 1 rings (SSSR count). The summed E-state index contributed by atoms with van der Waals surface area (Å²) in [5, 5.41) is 9.38. The Morgan fingerprint density at radius 3 is 2.08 bits per heavy atom. The molecule has 0 radical (unpaired) electrons. The first-order valence-corrected chi connectivity index (χ1v) is 4.94. The lowest BCUT2D eigenvalue weighted by atomic mass is 9.72. The van der Waals surface area contributed by atoms with Gasteiger partial charge in [-0.3, -0.25) is 4.90 Å². The van der Waals surface area contributed by atoms with Crippen LogP contribution in [0.1, 0.15) is 33.6 Å². The highest BCUT2D eigenvalue weighted by Gasteiger charge is 2.36. The van der Waals surface area contributed by atoms with Gasteiger partial charge in [-0.25, -0.2) is 0 Å². The molecule has 0 bridgehead atoms. The Labute approximate surface area is 75.6 Å². The molecule has 72 valence electrons. The molecule has 0 aliphatic heterocycles. The molecule has 1 fully saturated rings. The van der Waals surface area contributed by atoms with Crippen molar-refractivity contribution < 1.29 is 5.11 Å². The first-order chi connectivity index (χ1) is 5.54. The molecular formula is C10H21NO. The fourth-order valence-corrected chi connectivity index (χ4v) is 2.07. The molecule has 0 heterocycles. The average molecular weight is 171 g/mol. The molecule has 0 aromatic heterocycles. The first kappa shape index (κ1) is 10.0. The van der Waals surface area contributed by atoms with Gasteiger partial charge in [0.1, 0.15) is 6.23 Å². The zero-order chi connectivity index (χ0) is 9.30. The third-order valence-corrected chi connectivity index (χ3v) is 3.26. The maximum atomic E-state index is 9.38. The summed E-state index contributed by atoms with van der Waals surface area (Å²) in [7, 11) is 2.02. The van der Waals surface area contributed by atoms with E-state index in [-0.39, 0.29) is 6.23 Å². The van der Waals surface area contributed by atoms with E-state index in [2.05, 4.69) is 18.7 Å². The van der Waals surface area contributed by atoms with Crippen molar-refractivity contribution in [2.24, 2.45) is 11.8 Å². The van der Waals surface area contributed by atoms with Crippen LogP contribution in [0.2, 0.25) is 0 Å². The van der Waals surface area contributed by atoms with Crippen molar-refractivity contribution in [3.63, 3.8) is 0 Å². The van der Waals surface area contributed by atoms with Gasteiger partial charge in [-0.1, -0.05) is 13.8 Å². The molecule has 0 aromatic rings. The second-order valence-corrected chi connectivity index (χ2v) is 4.35. The lowest BCUT2D eigenvalue weighted by Crippen LogP contribution is -2.50. The second kappa shape index (κ2) is 3.75. The van der Waals surface area contributed by atoms with Crippen LogP contribution in [-0.4, -0.2) is 29.3 Å². The third-order valence-electron chi connectivity index (χ3n) is 3.26. The number of nitrogens with zero attached hydrogens (tertiary/aromatic N) is 1. The minimum absolute atomic E-state index is 0.295. The van der Waals surface area contributed by atoms with Crippen molar-refractivity contribution in [1.82, 2.24) is 4.90 Å². The van der Waals surface area contributed by atoms with Crippen molar-refractivity contribution in [3.05, 3.63) is 0 Å². The minimum Gasteiger partial charge on any atom is -0.379 e. The van der Waals surface area contributed by atoms with Gasteiger partial charge in [0.05, 0.1) is 0 Å². The van der Waals surface area contributed by atoms with Crippen LogP contribution < -0.4 is 0 Å². The summed E-state index contributed by atoms with van der Waals surface area (Å²) >= 11 is 0. The summed E-state index contributed by atoms with van der Waals surface area (Å²) in [5.41, 5.74) is 0. The quantitative estimate of drug-likeness (QED) is 0.653. The summed E-state index contributed by atoms with van der Waals surface area (Å²) in [6.07, 6.45) is 2.29. The number of hydrogen-bond donors (Lipinski definition) is 1. The summed E-state index contributed by atoms with van der Waals surface area (Å²) in [5.74, 6) is 1.55. The van der Waals surface area contributed by atoms with Gasteiger partial charge in [-0.2, -0.15) is 0 Å². The van der Waals surface area contributed by atoms with E-state index in [1.165, 1.54) is 12.8 Å². The van der Waals surface area contributed by atoms with Gasteiger partial charge in [-0.15, -0.1) is 0 Å². The highest BCUT2D eigenvalue weighted by Crippen LogP contribution is 2.37. The highest BCUT2D eigenvalue weighted by molar-refractivity contribution is 4.89. The predicted octanol–water partition coefficient (Wildman–Crippen LogP) is 1.69. The monoisotopic (exact) mass is 171 g/mol. The van der Waals surface area contributed by atoms with Gasteiger partial charge in [-0.05, 0) is 38.6 Å². The summed E-state index contributed by atoms with van der Waals surface area (Å²) in [6, 6.07) is 0.616. The Morgan fingerprint density at radius 1 is 1.25 bits per heavy atom. The lowest BCUT2D eigenvalue weighted by Gasteiger charge is -2.46. The largest absolute Gasteiger partial charge is 0.379 e. The average Bonchev–Trinajstić information content (AvgIpc) is 1.82. The van der Waals surface area contributed by atoms with E-state index < -0.39 is 0 Å². The Hall–Kier alpha value is -0.0800. The molecule has 1 aliphatic carbocycles. The molecule has 3 unspecified atom stereocenters. The van der Waals surface area contributed by atoms with Gasteiger partial charge in [0.15, 0.2) is 0 Å². The molecule has 12 heavy (non-hydrogen) atoms. The van der Waals surface area contributed by atoms with E-state index in [0.717, 1.165) is 11.8 Å². The maximum absolute atomic E-state index is 9.38. The van der Waals surface area contributed by atoms with E-state index >= 15 is 0 Å². The Kier molecular flexibility index (Phi) is 3.13. The molecule has 1 saturated carbocycles. The molecule has 0 spiro atoms. The van der Waals surface area contributed by atoms with Gasteiger partial charge in [0, 0.05) is 6.04 Å². The number of aliphatic hydroxyl groups is 1. The van der Waals surface area contributed by atoms with Gasteiger partial charge in [0.2, 0.25) is 0 Å². The molecule has 0 saturated heterocycles. The highest BCUT2D eigenvalue weighted by atomic mass is 16.3. The maximum Gasteiger partial charge on any atom is 0.104 e. The van der Waals surface area contributed by atoms with Crippen LogP contribution in [0.5, 0.6) is 0 Å². The molecule has 0 aromatic carbocycles. The van der Waals surface area contributed by atoms with Crippen LogP contribution in [0.3, 0.4) is 0 Å². The van der Waals surface area contributed by atoms with Gasteiger partial charge >= 0.3 is 0 Å². The normalized spacial score (nSPS) is 32.2. The van der Waals surface area contributed by atoms with Crippen molar-refractivity contribution in [1.29, 1.82) is 0 Å². The Morgan fingerprint density at radius 2 is 1.83 bits per heavy atom. The van der Waals surface area contributed by atoms with Gasteiger partial charge in [0.25, 0.3) is 0 Å². The SMILES string of the molecule is CC(C)C1CCC1N(C)C(C)O. The van der Waals surface area contributed by atoms with Crippen molar-refractivity contribution in [2.75, 3.05) is 7.05 Å². The second-order valence-electron chi connectivity index (χ2n) is 4.35. The smallest absolute Gasteiger partial charge is 0.104 e. The van der Waals surface area contributed by atoms with E-state index in [9.17, 15) is 5.11 Å². The Balaban J connectivity index is 2.43. The number of aliphatic hydroxyl groups excluding tert-OH is 1. The predicted molar refractivity (Wildman–Crippen MR) is 50.8 cm³/mol. The van der Waals surface area contributed by atoms with Gasteiger partial charge < -0.3 is 5.11 Å². The molecule has 2 heteroatoms. The van der Waals surface area contributed by atoms with E-state index in [4.69, 9.17) is 0 Å². The minimum atomic E-state index is -0.295. The zero-order valence-electron chi connectivity index (χ0n) is 8.62. The molecule has 2 nitrogen and oxygen atoms in total. The van der Waals surface area contributed by atoms with Crippen LogP contribution in [0.15, 0.2) is 0 Å². The van der Waals surface area contributed by atoms with Crippen LogP contribution >= 0.6 is 0 Å². The molecule has 0 amide bonds. The number of rotatable bonds is 3.